The molecule has 2 heterocycles. The summed E-state index contributed by atoms with van der Waals surface area (Å²) in [6.07, 6.45) is 0. The van der Waals surface area contributed by atoms with Gasteiger partial charge < -0.3 is 4.42 Å². The first-order valence-electron chi connectivity index (χ1n) is 17.9. The summed E-state index contributed by atoms with van der Waals surface area (Å²) in [5.41, 5.74) is 6.93. The van der Waals surface area contributed by atoms with Gasteiger partial charge in [0.15, 0.2) is 17.5 Å². The number of furan rings is 1. The normalized spacial score (nSPS) is 11.8. The third-order valence-electron chi connectivity index (χ3n) is 10.5. The van der Waals surface area contributed by atoms with Crippen LogP contribution in [0.3, 0.4) is 0 Å². The molecule has 11 rings (SSSR count). The molecule has 0 aliphatic rings. The molecule has 0 aliphatic carbocycles. The SMILES string of the molecule is c1ccc(-c2nc(-c3cccc4cc(-c5cccc6oc7ccccc7c56)ccc34)nc(-c3cccc4c3ccc3ccc5ccccc5c34)n2)cc1. The van der Waals surface area contributed by atoms with Crippen LogP contribution in [0.25, 0.3) is 110 Å². The summed E-state index contributed by atoms with van der Waals surface area (Å²) in [6, 6.07) is 61.6. The van der Waals surface area contributed by atoms with Gasteiger partial charge in [-0.2, -0.15) is 0 Å². The van der Waals surface area contributed by atoms with Crippen molar-refractivity contribution in [1.29, 1.82) is 0 Å². The van der Waals surface area contributed by atoms with Gasteiger partial charge in [-0.3, -0.25) is 0 Å². The van der Waals surface area contributed by atoms with Gasteiger partial charge in [0, 0.05) is 27.5 Å². The van der Waals surface area contributed by atoms with Crippen molar-refractivity contribution in [2.75, 3.05) is 0 Å². The van der Waals surface area contributed by atoms with E-state index in [0.717, 1.165) is 65.9 Å². The van der Waals surface area contributed by atoms with Crippen LogP contribution in [0.1, 0.15) is 0 Å². The van der Waals surface area contributed by atoms with Crippen LogP contribution < -0.4 is 0 Å². The van der Waals surface area contributed by atoms with Crippen molar-refractivity contribution in [2.24, 2.45) is 0 Å². The van der Waals surface area contributed by atoms with E-state index < -0.39 is 0 Å². The van der Waals surface area contributed by atoms with Gasteiger partial charge >= 0.3 is 0 Å². The Hall–Kier alpha value is -7.17. The van der Waals surface area contributed by atoms with E-state index in [1.165, 1.54) is 26.9 Å². The topological polar surface area (TPSA) is 51.8 Å². The van der Waals surface area contributed by atoms with Gasteiger partial charge in [0.05, 0.1) is 0 Å². The number of para-hydroxylation sites is 1. The van der Waals surface area contributed by atoms with Crippen LogP contribution in [0, 0.1) is 0 Å². The second kappa shape index (κ2) is 11.7. The lowest BCUT2D eigenvalue weighted by atomic mass is 9.94. The van der Waals surface area contributed by atoms with Crippen LogP contribution in [0.4, 0.5) is 0 Å². The molecule has 9 aromatic carbocycles. The lowest BCUT2D eigenvalue weighted by molar-refractivity contribution is 0.669. The third-order valence-corrected chi connectivity index (χ3v) is 10.5. The maximum atomic E-state index is 6.22. The molecule has 0 amide bonds. The zero-order valence-electron chi connectivity index (χ0n) is 28.5. The average molecular weight is 676 g/mol. The number of nitrogens with zero attached hydrogens (tertiary/aromatic N) is 3. The van der Waals surface area contributed by atoms with Crippen molar-refractivity contribution in [3.8, 4) is 45.3 Å². The fraction of sp³-hybridized carbons (Fsp3) is 0. The quantitative estimate of drug-likeness (QED) is 0.174. The van der Waals surface area contributed by atoms with E-state index in [-0.39, 0.29) is 0 Å². The molecule has 11 aromatic rings. The summed E-state index contributed by atoms with van der Waals surface area (Å²) in [5, 5.41) is 11.6. The van der Waals surface area contributed by atoms with E-state index in [4.69, 9.17) is 19.4 Å². The number of hydrogen-bond acceptors (Lipinski definition) is 4. The summed E-state index contributed by atoms with van der Waals surface area (Å²) < 4.78 is 6.22. The maximum absolute atomic E-state index is 6.22. The molecule has 0 radical (unpaired) electrons. The van der Waals surface area contributed by atoms with E-state index in [9.17, 15) is 0 Å². The van der Waals surface area contributed by atoms with Gasteiger partial charge in [0.2, 0.25) is 0 Å². The molecule has 246 valence electrons. The van der Waals surface area contributed by atoms with Gasteiger partial charge in [-0.1, -0.05) is 158 Å². The number of aromatic nitrogens is 3. The third kappa shape index (κ3) is 4.73. The highest BCUT2D eigenvalue weighted by atomic mass is 16.3. The number of benzene rings is 9. The first-order valence-corrected chi connectivity index (χ1v) is 17.9. The number of rotatable bonds is 4. The smallest absolute Gasteiger partial charge is 0.164 e. The molecule has 0 aliphatic heterocycles. The zero-order valence-corrected chi connectivity index (χ0v) is 28.5. The molecule has 4 nitrogen and oxygen atoms in total. The number of hydrogen-bond donors (Lipinski definition) is 0. The second-order valence-corrected chi connectivity index (χ2v) is 13.5. The lowest BCUT2D eigenvalue weighted by Gasteiger charge is -2.14. The van der Waals surface area contributed by atoms with E-state index in [0.29, 0.717) is 17.5 Å². The second-order valence-electron chi connectivity index (χ2n) is 13.5. The first kappa shape index (κ1) is 29.5. The van der Waals surface area contributed by atoms with Crippen LogP contribution in [0.5, 0.6) is 0 Å². The van der Waals surface area contributed by atoms with Gasteiger partial charge in [-0.15, -0.1) is 0 Å². The largest absolute Gasteiger partial charge is 0.456 e. The molecule has 0 spiro atoms. The Bertz CT molecular complexity index is 3240. The molecule has 4 heteroatoms. The Kier molecular flexibility index (Phi) is 6.52. The van der Waals surface area contributed by atoms with Gasteiger partial charge in [0.25, 0.3) is 0 Å². The van der Waals surface area contributed by atoms with E-state index in [1.54, 1.807) is 0 Å². The van der Waals surface area contributed by atoms with Crippen LogP contribution in [-0.2, 0) is 0 Å². The van der Waals surface area contributed by atoms with E-state index in [2.05, 4.69) is 140 Å². The summed E-state index contributed by atoms with van der Waals surface area (Å²) in [4.78, 5) is 15.5. The van der Waals surface area contributed by atoms with Crippen LogP contribution >= 0.6 is 0 Å². The van der Waals surface area contributed by atoms with Crippen LogP contribution in [0.15, 0.2) is 180 Å². The Morgan fingerprint density at radius 1 is 0.302 bits per heavy atom. The molecule has 0 bridgehead atoms. The summed E-state index contributed by atoms with van der Waals surface area (Å²) >= 11 is 0. The minimum atomic E-state index is 0.637. The molecule has 0 unspecified atom stereocenters. The molecule has 0 saturated heterocycles. The zero-order chi connectivity index (χ0) is 34.9. The van der Waals surface area contributed by atoms with Gasteiger partial charge in [-0.05, 0) is 72.4 Å². The molecule has 2 aromatic heterocycles. The Balaban J connectivity index is 1.12. The van der Waals surface area contributed by atoms with Gasteiger partial charge in [0.1, 0.15) is 11.2 Å². The molecular formula is C49H29N3O. The highest BCUT2D eigenvalue weighted by molar-refractivity contribution is 6.22. The summed E-state index contributed by atoms with van der Waals surface area (Å²) in [7, 11) is 0. The summed E-state index contributed by atoms with van der Waals surface area (Å²) in [6.45, 7) is 0. The standard InChI is InChI=1S/C49H29N3O/c1-2-12-32(13-3-1)47-50-48(52-49(51-47)41-20-9-18-39-38(41)28-25-31-24-23-30-11-4-5-15-36(30)45(31)39)40-19-8-14-33-29-34(26-27-35(33)40)37-17-10-22-44-46(37)42-16-6-7-21-43(42)53-44/h1-29H. The van der Waals surface area contributed by atoms with E-state index in [1.807, 2.05) is 36.4 Å². The molecule has 0 saturated carbocycles. The van der Waals surface area contributed by atoms with Crippen LogP contribution in [0.2, 0.25) is 0 Å². The van der Waals surface area contributed by atoms with Crippen molar-refractivity contribution < 1.29 is 4.42 Å². The minimum Gasteiger partial charge on any atom is -0.456 e. The molecule has 0 N–H and O–H groups in total. The van der Waals surface area contributed by atoms with Gasteiger partial charge in [-0.25, -0.2) is 15.0 Å². The Morgan fingerprint density at radius 2 is 0.906 bits per heavy atom. The molecule has 53 heavy (non-hydrogen) atoms. The van der Waals surface area contributed by atoms with Crippen molar-refractivity contribution in [3.63, 3.8) is 0 Å². The Morgan fingerprint density at radius 3 is 1.79 bits per heavy atom. The molecule has 0 atom stereocenters. The van der Waals surface area contributed by atoms with Crippen molar-refractivity contribution >= 4 is 65.0 Å². The lowest BCUT2D eigenvalue weighted by Crippen LogP contribution is -2.01. The first-order chi connectivity index (χ1) is 26.3. The average Bonchev–Trinajstić information content (AvgIpc) is 3.62. The van der Waals surface area contributed by atoms with Crippen molar-refractivity contribution in [2.45, 2.75) is 0 Å². The molecular weight excluding hydrogens is 647 g/mol. The molecule has 0 fully saturated rings. The monoisotopic (exact) mass is 675 g/mol. The van der Waals surface area contributed by atoms with E-state index >= 15 is 0 Å². The highest BCUT2D eigenvalue weighted by Crippen LogP contribution is 2.40. The maximum Gasteiger partial charge on any atom is 0.164 e. The van der Waals surface area contributed by atoms with Crippen LogP contribution in [-0.4, -0.2) is 15.0 Å². The predicted molar refractivity (Wildman–Crippen MR) is 219 cm³/mol. The van der Waals surface area contributed by atoms with Crippen molar-refractivity contribution in [1.82, 2.24) is 15.0 Å². The number of fused-ring (bicyclic) bond motifs is 9. The van der Waals surface area contributed by atoms with Crippen molar-refractivity contribution in [3.05, 3.63) is 176 Å². The minimum absolute atomic E-state index is 0.637. The predicted octanol–water partition coefficient (Wildman–Crippen LogP) is 13.1. The fourth-order valence-electron chi connectivity index (χ4n) is 8.05. The highest BCUT2D eigenvalue weighted by Gasteiger charge is 2.18. The fourth-order valence-corrected chi connectivity index (χ4v) is 8.05. The Labute approximate surface area is 304 Å². The summed E-state index contributed by atoms with van der Waals surface area (Å²) in [5.74, 6) is 1.92.